The molecule has 1 heterocycles. The highest BCUT2D eigenvalue weighted by molar-refractivity contribution is 5.04. The van der Waals surface area contributed by atoms with Crippen LogP contribution in [-0.2, 0) is 0 Å². The molecule has 3 N–H and O–H groups in total. The van der Waals surface area contributed by atoms with E-state index in [-0.39, 0.29) is 5.41 Å². The van der Waals surface area contributed by atoms with Gasteiger partial charge in [0, 0.05) is 18.5 Å². The molecule has 0 spiro atoms. The third-order valence-electron chi connectivity index (χ3n) is 6.29. The van der Waals surface area contributed by atoms with Gasteiger partial charge in [-0.3, -0.25) is 0 Å². The molecule has 0 amide bonds. The standard InChI is InChI=1S/C17H34N2O/c1-4-19-12-5-6-17(20,11-13-19)16(14-18)9-7-15(2,3)8-10-16/h20H,4-14,18H2,1-3H3. The highest BCUT2D eigenvalue weighted by Crippen LogP contribution is 2.52. The summed E-state index contributed by atoms with van der Waals surface area (Å²) in [6.45, 7) is 10.8. The molecule has 0 aromatic carbocycles. The number of nitrogens with two attached hydrogens (primary N) is 1. The largest absolute Gasteiger partial charge is 0.389 e. The van der Waals surface area contributed by atoms with Gasteiger partial charge in [0.05, 0.1) is 5.60 Å². The lowest BCUT2D eigenvalue weighted by Crippen LogP contribution is -2.55. The Balaban J connectivity index is 2.13. The van der Waals surface area contributed by atoms with Crippen molar-refractivity contribution < 1.29 is 5.11 Å². The van der Waals surface area contributed by atoms with Crippen LogP contribution in [0.4, 0.5) is 0 Å². The van der Waals surface area contributed by atoms with Crippen molar-refractivity contribution in [2.75, 3.05) is 26.2 Å². The molecule has 2 rings (SSSR count). The van der Waals surface area contributed by atoms with E-state index in [1.54, 1.807) is 0 Å². The van der Waals surface area contributed by atoms with Crippen LogP contribution in [-0.4, -0.2) is 41.8 Å². The fourth-order valence-electron chi connectivity index (χ4n) is 4.29. The molecule has 2 fully saturated rings. The number of nitrogens with zero attached hydrogens (tertiary/aromatic N) is 1. The van der Waals surface area contributed by atoms with Gasteiger partial charge in [-0.2, -0.15) is 0 Å². The summed E-state index contributed by atoms with van der Waals surface area (Å²) in [6, 6.07) is 0. The fraction of sp³-hybridized carbons (Fsp3) is 1.00. The second-order valence-corrected chi connectivity index (χ2v) is 7.97. The lowest BCUT2D eigenvalue weighted by molar-refractivity contribution is -0.120. The minimum Gasteiger partial charge on any atom is -0.389 e. The van der Waals surface area contributed by atoms with Crippen molar-refractivity contribution in [1.29, 1.82) is 0 Å². The third-order valence-corrected chi connectivity index (χ3v) is 6.29. The van der Waals surface area contributed by atoms with Crippen molar-refractivity contribution in [3.8, 4) is 0 Å². The molecule has 1 saturated carbocycles. The smallest absolute Gasteiger partial charge is 0.0728 e. The van der Waals surface area contributed by atoms with Crippen LogP contribution in [0.2, 0.25) is 0 Å². The monoisotopic (exact) mass is 282 g/mol. The van der Waals surface area contributed by atoms with Gasteiger partial charge in [-0.15, -0.1) is 0 Å². The van der Waals surface area contributed by atoms with Gasteiger partial charge in [-0.1, -0.05) is 20.8 Å². The Morgan fingerprint density at radius 1 is 1.00 bits per heavy atom. The molecule has 1 aliphatic carbocycles. The number of aliphatic hydroxyl groups is 1. The van der Waals surface area contributed by atoms with E-state index in [0.29, 0.717) is 12.0 Å². The molecule has 3 nitrogen and oxygen atoms in total. The lowest BCUT2D eigenvalue weighted by atomic mass is 9.56. The number of hydrogen-bond donors (Lipinski definition) is 2. The minimum atomic E-state index is -0.540. The molecular weight excluding hydrogens is 248 g/mol. The molecule has 3 heteroatoms. The average Bonchev–Trinajstić information content (AvgIpc) is 2.62. The van der Waals surface area contributed by atoms with Crippen LogP contribution < -0.4 is 5.73 Å². The van der Waals surface area contributed by atoms with Crippen molar-refractivity contribution in [2.24, 2.45) is 16.6 Å². The van der Waals surface area contributed by atoms with Crippen LogP contribution in [0.3, 0.4) is 0 Å². The topological polar surface area (TPSA) is 49.5 Å². The van der Waals surface area contributed by atoms with Gasteiger partial charge in [-0.25, -0.2) is 0 Å². The molecular formula is C17H34N2O. The second-order valence-electron chi connectivity index (χ2n) is 7.97. The van der Waals surface area contributed by atoms with Crippen LogP contribution in [0.25, 0.3) is 0 Å². The maximum Gasteiger partial charge on any atom is 0.0728 e. The van der Waals surface area contributed by atoms with Gasteiger partial charge >= 0.3 is 0 Å². The van der Waals surface area contributed by atoms with Crippen LogP contribution >= 0.6 is 0 Å². The second kappa shape index (κ2) is 5.94. The predicted octanol–water partition coefficient (Wildman–Crippen LogP) is 2.77. The summed E-state index contributed by atoms with van der Waals surface area (Å²) in [5.74, 6) is 0. The van der Waals surface area contributed by atoms with E-state index in [1.807, 2.05) is 0 Å². The average molecular weight is 282 g/mol. The first-order valence-electron chi connectivity index (χ1n) is 8.51. The predicted molar refractivity (Wildman–Crippen MR) is 84.7 cm³/mol. The summed E-state index contributed by atoms with van der Waals surface area (Å²) in [6.07, 6.45) is 7.53. The molecule has 2 aliphatic rings. The summed E-state index contributed by atoms with van der Waals surface area (Å²) in [5, 5.41) is 11.4. The number of rotatable bonds is 3. The van der Waals surface area contributed by atoms with Gasteiger partial charge in [0.2, 0.25) is 0 Å². The summed E-state index contributed by atoms with van der Waals surface area (Å²) in [5.41, 5.74) is 6.04. The zero-order chi connectivity index (χ0) is 14.9. The molecule has 1 aliphatic heterocycles. The number of hydrogen-bond acceptors (Lipinski definition) is 3. The van der Waals surface area contributed by atoms with Crippen LogP contribution in [0.15, 0.2) is 0 Å². The van der Waals surface area contributed by atoms with Crippen molar-refractivity contribution in [2.45, 2.75) is 71.3 Å². The molecule has 0 radical (unpaired) electrons. The number of likely N-dealkylation sites (tertiary alicyclic amines) is 1. The van der Waals surface area contributed by atoms with Crippen molar-refractivity contribution in [1.82, 2.24) is 4.90 Å². The van der Waals surface area contributed by atoms with Crippen LogP contribution in [0.1, 0.15) is 65.7 Å². The van der Waals surface area contributed by atoms with E-state index in [9.17, 15) is 5.11 Å². The zero-order valence-corrected chi connectivity index (χ0v) is 13.7. The van der Waals surface area contributed by atoms with Crippen LogP contribution in [0.5, 0.6) is 0 Å². The maximum absolute atomic E-state index is 11.4. The molecule has 20 heavy (non-hydrogen) atoms. The highest BCUT2D eigenvalue weighted by Gasteiger charge is 2.51. The van der Waals surface area contributed by atoms with E-state index in [4.69, 9.17) is 5.73 Å². The van der Waals surface area contributed by atoms with Crippen molar-refractivity contribution >= 4 is 0 Å². The van der Waals surface area contributed by atoms with Crippen molar-refractivity contribution in [3.63, 3.8) is 0 Å². The van der Waals surface area contributed by atoms with E-state index in [1.165, 1.54) is 12.8 Å². The zero-order valence-electron chi connectivity index (χ0n) is 13.7. The van der Waals surface area contributed by atoms with Gasteiger partial charge in [0.1, 0.15) is 0 Å². The molecule has 0 aromatic heterocycles. The van der Waals surface area contributed by atoms with Gasteiger partial charge in [0.15, 0.2) is 0 Å². The molecule has 0 bridgehead atoms. The minimum absolute atomic E-state index is 0.0354. The highest BCUT2D eigenvalue weighted by atomic mass is 16.3. The summed E-state index contributed by atoms with van der Waals surface area (Å²) >= 11 is 0. The fourth-order valence-corrected chi connectivity index (χ4v) is 4.29. The third kappa shape index (κ3) is 3.05. The Kier molecular flexibility index (Phi) is 4.83. The molecule has 118 valence electrons. The maximum atomic E-state index is 11.4. The lowest BCUT2D eigenvalue weighted by Gasteiger charge is -2.52. The Morgan fingerprint density at radius 3 is 2.20 bits per heavy atom. The van der Waals surface area contributed by atoms with Gasteiger partial charge in [0.25, 0.3) is 0 Å². The Hall–Kier alpha value is -0.120. The Bertz CT molecular complexity index is 319. The first kappa shape index (κ1) is 16.3. The van der Waals surface area contributed by atoms with Gasteiger partial charge in [-0.05, 0) is 63.5 Å². The summed E-state index contributed by atoms with van der Waals surface area (Å²) in [4.78, 5) is 2.47. The molecule has 1 saturated heterocycles. The van der Waals surface area contributed by atoms with Crippen molar-refractivity contribution in [3.05, 3.63) is 0 Å². The Labute approximate surface area is 124 Å². The molecule has 1 unspecified atom stereocenters. The molecule has 1 atom stereocenters. The van der Waals surface area contributed by atoms with E-state index in [2.05, 4.69) is 25.7 Å². The van der Waals surface area contributed by atoms with E-state index in [0.717, 1.165) is 51.7 Å². The SMILES string of the molecule is CCN1CCCC(O)(C2(CN)CCC(C)(C)CC2)CC1. The van der Waals surface area contributed by atoms with Crippen LogP contribution in [0, 0.1) is 10.8 Å². The normalized spacial score (nSPS) is 34.6. The summed E-state index contributed by atoms with van der Waals surface area (Å²) < 4.78 is 0. The van der Waals surface area contributed by atoms with E-state index < -0.39 is 5.60 Å². The summed E-state index contributed by atoms with van der Waals surface area (Å²) in [7, 11) is 0. The quantitative estimate of drug-likeness (QED) is 0.837. The first-order valence-corrected chi connectivity index (χ1v) is 8.51. The molecule has 0 aromatic rings. The first-order chi connectivity index (χ1) is 9.36. The van der Waals surface area contributed by atoms with Gasteiger partial charge < -0.3 is 15.7 Å². The Morgan fingerprint density at radius 2 is 1.65 bits per heavy atom. The van der Waals surface area contributed by atoms with E-state index >= 15 is 0 Å².